The van der Waals surface area contributed by atoms with Crippen molar-refractivity contribution in [3.05, 3.63) is 40.2 Å². The first-order valence-electron chi connectivity index (χ1n) is 7.78. The molecule has 1 aromatic heterocycles. The summed E-state index contributed by atoms with van der Waals surface area (Å²) < 4.78 is 0. The predicted octanol–water partition coefficient (Wildman–Crippen LogP) is 1.95. The van der Waals surface area contributed by atoms with Crippen molar-refractivity contribution < 1.29 is 4.79 Å². The van der Waals surface area contributed by atoms with Crippen molar-refractivity contribution >= 4 is 28.6 Å². The number of nitrogens with two attached hydrogens (primary N) is 1. The van der Waals surface area contributed by atoms with Gasteiger partial charge in [-0.2, -0.15) is 0 Å². The van der Waals surface area contributed by atoms with E-state index in [4.69, 9.17) is 5.73 Å². The molecule has 6 heteroatoms. The first-order chi connectivity index (χ1) is 11.1. The van der Waals surface area contributed by atoms with Gasteiger partial charge in [-0.3, -0.25) is 14.5 Å². The molecular weight excluding hydrogens is 310 g/mol. The number of likely N-dealkylation sites (tertiary alicyclic amines) is 1. The number of hydrogen-bond donors (Lipinski definition) is 2. The number of fused-ring (bicyclic) bond motifs is 1. The van der Waals surface area contributed by atoms with Gasteiger partial charge < -0.3 is 10.7 Å². The summed E-state index contributed by atoms with van der Waals surface area (Å²) in [4.78, 5) is 30.0. The van der Waals surface area contributed by atoms with Gasteiger partial charge in [-0.25, -0.2) is 0 Å². The number of H-pyrrole nitrogens is 1. The van der Waals surface area contributed by atoms with E-state index in [1.807, 2.05) is 24.5 Å². The second-order valence-corrected chi connectivity index (χ2v) is 6.93. The van der Waals surface area contributed by atoms with E-state index in [1.54, 1.807) is 11.8 Å². The summed E-state index contributed by atoms with van der Waals surface area (Å²) in [6, 6.07) is 8.03. The third-order valence-corrected chi connectivity index (χ3v) is 5.16. The fourth-order valence-electron chi connectivity index (χ4n) is 3.14. The van der Waals surface area contributed by atoms with E-state index >= 15 is 0 Å². The van der Waals surface area contributed by atoms with Gasteiger partial charge in [0.15, 0.2) is 0 Å². The molecule has 1 aliphatic heterocycles. The molecular formula is C17H21N3O2S. The van der Waals surface area contributed by atoms with Gasteiger partial charge in [0.25, 0.3) is 5.56 Å². The molecule has 1 aromatic carbocycles. The van der Waals surface area contributed by atoms with Crippen LogP contribution in [0.1, 0.15) is 18.4 Å². The Kier molecular flexibility index (Phi) is 4.73. The molecule has 0 saturated carbocycles. The van der Waals surface area contributed by atoms with Gasteiger partial charge in [0.05, 0.1) is 5.92 Å². The number of primary amides is 1. The zero-order valence-corrected chi connectivity index (χ0v) is 14.0. The van der Waals surface area contributed by atoms with Crippen molar-refractivity contribution in [3.8, 4) is 0 Å². The summed E-state index contributed by atoms with van der Waals surface area (Å²) in [7, 11) is 0. The highest BCUT2D eigenvalue weighted by atomic mass is 32.2. The summed E-state index contributed by atoms with van der Waals surface area (Å²) in [6.45, 7) is 2.09. The number of carbonyl (C=O) groups excluding carboxylic acids is 1. The topological polar surface area (TPSA) is 79.2 Å². The summed E-state index contributed by atoms with van der Waals surface area (Å²) in [6.07, 6.45) is 3.80. The Balaban J connectivity index is 1.84. The van der Waals surface area contributed by atoms with Crippen LogP contribution in [-0.2, 0) is 11.3 Å². The molecule has 0 aliphatic carbocycles. The van der Waals surface area contributed by atoms with Crippen molar-refractivity contribution in [1.29, 1.82) is 0 Å². The zero-order chi connectivity index (χ0) is 16.4. The number of amides is 1. The van der Waals surface area contributed by atoms with Crippen molar-refractivity contribution in [2.45, 2.75) is 24.3 Å². The lowest BCUT2D eigenvalue weighted by Crippen LogP contribution is -2.41. The Labute approximate surface area is 139 Å². The van der Waals surface area contributed by atoms with Crippen molar-refractivity contribution in [2.75, 3.05) is 19.3 Å². The van der Waals surface area contributed by atoms with Crippen LogP contribution >= 0.6 is 11.8 Å². The molecule has 1 fully saturated rings. The number of rotatable bonds is 4. The number of aromatic amines is 1. The molecule has 122 valence electrons. The van der Waals surface area contributed by atoms with E-state index in [0.29, 0.717) is 13.1 Å². The summed E-state index contributed by atoms with van der Waals surface area (Å²) in [5.74, 6) is -0.348. The largest absolute Gasteiger partial charge is 0.369 e. The average molecular weight is 331 g/mol. The highest BCUT2D eigenvalue weighted by Gasteiger charge is 2.24. The van der Waals surface area contributed by atoms with Crippen LogP contribution in [0.4, 0.5) is 0 Å². The fraction of sp³-hybridized carbons (Fsp3) is 0.412. The number of benzene rings is 1. The monoisotopic (exact) mass is 331 g/mol. The molecule has 3 N–H and O–H groups in total. The molecule has 1 atom stereocenters. The first kappa shape index (κ1) is 16.1. The molecule has 2 heterocycles. The van der Waals surface area contributed by atoms with Crippen molar-refractivity contribution in [2.24, 2.45) is 11.7 Å². The van der Waals surface area contributed by atoms with Crippen LogP contribution in [0.15, 0.2) is 34.0 Å². The number of carbonyl (C=O) groups is 1. The first-order valence-corrected chi connectivity index (χ1v) is 9.01. The Morgan fingerprint density at radius 3 is 3.00 bits per heavy atom. The molecule has 23 heavy (non-hydrogen) atoms. The van der Waals surface area contributed by atoms with E-state index in [-0.39, 0.29) is 17.4 Å². The maximum atomic E-state index is 12.3. The molecule has 2 aromatic rings. The smallest absolute Gasteiger partial charge is 0.252 e. The lowest BCUT2D eigenvalue weighted by atomic mass is 9.97. The van der Waals surface area contributed by atoms with Crippen molar-refractivity contribution in [1.82, 2.24) is 9.88 Å². The van der Waals surface area contributed by atoms with Gasteiger partial charge in [-0.1, -0.05) is 6.07 Å². The fourth-order valence-corrected chi connectivity index (χ4v) is 3.58. The number of pyridine rings is 1. The Morgan fingerprint density at radius 2 is 2.26 bits per heavy atom. The second-order valence-electron chi connectivity index (χ2n) is 6.05. The third kappa shape index (κ3) is 3.59. The lowest BCUT2D eigenvalue weighted by Gasteiger charge is -2.30. The van der Waals surface area contributed by atoms with Crippen LogP contribution in [0, 0.1) is 5.92 Å². The van der Waals surface area contributed by atoms with Gasteiger partial charge >= 0.3 is 0 Å². The molecule has 1 saturated heterocycles. The van der Waals surface area contributed by atoms with Crippen LogP contribution < -0.4 is 11.3 Å². The van der Waals surface area contributed by atoms with Crippen LogP contribution in [0.2, 0.25) is 0 Å². The predicted molar refractivity (Wildman–Crippen MR) is 93.5 cm³/mol. The van der Waals surface area contributed by atoms with Gasteiger partial charge in [0.1, 0.15) is 0 Å². The Hall–Kier alpha value is -1.79. The van der Waals surface area contributed by atoms with Gasteiger partial charge in [0, 0.05) is 29.1 Å². The number of hydrogen-bond acceptors (Lipinski definition) is 4. The molecule has 0 spiro atoms. The van der Waals surface area contributed by atoms with Gasteiger partial charge in [0.2, 0.25) is 5.91 Å². The van der Waals surface area contributed by atoms with E-state index in [2.05, 4.69) is 16.0 Å². The minimum Gasteiger partial charge on any atom is -0.369 e. The summed E-state index contributed by atoms with van der Waals surface area (Å²) in [5, 5.41) is 1.03. The molecule has 0 bridgehead atoms. The Morgan fingerprint density at radius 1 is 1.43 bits per heavy atom. The van der Waals surface area contributed by atoms with E-state index in [1.165, 1.54) is 0 Å². The third-order valence-electron chi connectivity index (χ3n) is 4.43. The minimum absolute atomic E-state index is 0.0584. The highest BCUT2D eigenvalue weighted by Crippen LogP contribution is 2.21. The number of piperidine rings is 1. The molecule has 1 aliphatic rings. The molecule has 0 unspecified atom stereocenters. The average Bonchev–Trinajstić information content (AvgIpc) is 2.55. The second kappa shape index (κ2) is 6.76. The summed E-state index contributed by atoms with van der Waals surface area (Å²) in [5.41, 5.74) is 6.96. The van der Waals surface area contributed by atoms with Crippen LogP contribution in [0.5, 0.6) is 0 Å². The quantitative estimate of drug-likeness (QED) is 0.839. The van der Waals surface area contributed by atoms with E-state index in [9.17, 15) is 9.59 Å². The van der Waals surface area contributed by atoms with Crippen LogP contribution in [0.3, 0.4) is 0 Å². The van der Waals surface area contributed by atoms with Crippen LogP contribution in [0.25, 0.3) is 10.9 Å². The number of thioether (sulfide) groups is 1. The number of aromatic nitrogens is 1. The SMILES string of the molecule is CSc1ccc2cc(CN3CCC[C@@H](C(N)=O)C3)c(=O)[nH]c2c1. The molecule has 3 rings (SSSR count). The van der Waals surface area contributed by atoms with Gasteiger partial charge in [-0.05, 0) is 49.2 Å². The zero-order valence-electron chi connectivity index (χ0n) is 13.2. The molecule has 0 radical (unpaired) electrons. The lowest BCUT2D eigenvalue weighted by molar-refractivity contribution is -0.123. The maximum Gasteiger partial charge on any atom is 0.252 e. The summed E-state index contributed by atoms with van der Waals surface area (Å²) >= 11 is 1.65. The van der Waals surface area contributed by atoms with Crippen molar-refractivity contribution in [3.63, 3.8) is 0 Å². The molecule has 1 amide bonds. The number of nitrogens with zero attached hydrogens (tertiary/aromatic N) is 1. The highest BCUT2D eigenvalue weighted by molar-refractivity contribution is 7.98. The van der Waals surface area contributed by atoms with E-state index < -0.39 is 0 Å². The van der Waals surface area contributed by atoms with Gasteiger partial charge in [-0.15, -0.1) is 11.8 Å². The van der Waals surface area contributed by atoms with E-state index in [0.717, 1.165) is 40.7 Å². The molecule has 5 nitrogen and oxygen atoms in total. The van der Waals surface area contributed by atoms with Crippen LogP contribution in [-0.4, -0.2) is 35.1 Å². The standard InChI is InChI=1S/C17H21N3O2S/c1-23-14-5-4-11-7-13(17(22)19-15(11)8-14)10-20-6-2-3-12(9-20)16(18)21/h4-5,7-8,12H,2-3,6,9-10H2,1H3,(H2,18,21)(H,19,22)/t12-/m1/s1. The Bertz CT molecular complexity index is 787. The number of nitrogens with one attached hydrogen (secondary N) is 1. The normalized spacial score (nSPS) is 19.1. The minimum atomic E-state index is -0.244. The maximum absolute atomic E-state index is 12.3.